The van der Waals surface area contributed by atoms with Crippen LogP contribution in [-0.2, 0) is 16.5 Å². The third kappa shape index (κ3) is 1250. The molecule has 11 heavy (non-hydrogen) atoms. The Bertz CT molecular complexity index is 117. The summed E-state index contributed by atoms with van der Waals surface area (Å²) in [5.41, 5.74) is 0. The second kappa shape index (κ2) is 117. The molecule has 0 spiro atoms. The second-order valence-corrected chi connectivity index (χ2v) is 0.274. The summed E-state index contributed by atoms with van der Waals surface area (Å²) in [4.78, 5) is 0. The summed E-state index contributed by atoms with van der Waals surface area (Å²) >= 11 is 0. The normalized spacial score (nSPS) is 1.91. The Labute approximate surface area is 95.5 Å². The molecule has 0 aliphatic rings. The van der Waals surface area contributed by atoms with Gasteiger partial charge in [0.1, 0.15) is 0 Å². The van der Waals surface area contributed by atoms with E-state index in [0.29, 0.717) is 18.8 Å². The summed E-state index contributed by atoms with van der Waals surface area (Å²) in [5.74, 6) is 0. The molecule has 0 heterocycles. The van der Waals surface area contributed by atoms with E-state index < -0.39 is 0 Å². The minimum absolute atomic E-state index is 0. The van der Waals surface area contributed by atoms with Gasteiger partial charge in [0.25, 0.3) is 0 Å². The predicted octanol–water partition coefficient (Wildman–Crippen LogP) is -6.52. The first kappa shape index (κ1) is 31.6. The summed E-state index contributed by atoms with van der Waals surface area (Å²) < 4.78 is 0. The van der Waals surface area contributed by atoms with Crippen molar-refractivity contribution >= 4 is 0 Å². The van der Waals surface area contributed by atoms with Crippen LogP contribution >= 0.6 is 0 Å². The van der Waals surface area contributed by atoms with Crippen molar-refractivity contribution in [3.63, 3.8) is 0 Å². The third-order valence-electron chi connectivity index (χ3n) is 0. The summed E-state index contributed by atoms with van der Waals surface area (Å²) in [6, 6.07) is 0. The molecule has 0 rings (SSSR count). The van der Waals surface area contributed by atoms with Crippen molar-refractivity contribution in [1.29, 1.82) is 15.8 Å². The SMILES string of the molecule is N#C[O-].N#C[O-].N#C[O-].[Na+].[Ni+2]. The molecule has 0 bridgehead atoms. The zero-order valence-corrected chi connectivity index (χ0v) is 8.37. The molecule has 0 aliphatic carbocycles. The van der Waals surface area contributed by atoms with Gasteiger partial charge in [0, 0.05) is 18.8 Å². The standard InChI is InChI=1S/3CHNO.Na.Ni/c3*2-1-3;;/h3*3H;;/q;;;+1;+2/p-3. The zero-order chi connectivity index (χ0) is 8.12. The van der Waals surface area contributed by atoms with Gasteiger partial charge < -0.3 is 15.3 Å². The maximum absolute atomic E-state index is 8.24. The van der Waals surface area contributed by atoms with Gasteiger partial charge in [-0.1, -0.05) is 0 Å². The van der Waals surface area contributed by atoms with Crippen molar-refractivity contribution < 1.29 is 61.4 Å². The van der Waals surface area contributed by atoms with Gasteiger partial charge in [0.15, 0.2) is 0 Å². The molecule has 0 saturated carbocycles. The van der Waals surface area contributed by atoms with Crippen LogP contribution in [0.15, 0.2) is 0 Å². The van der Waals surface area contributed by atoms with Gasteiger partial charge in [-0.2, -0.15) is 0 Å². The van der Waals surface area contributed by atoms with Crippen LogP contribution in [0.5, 0.6) is 0 Å². The Morgan fingerprint density at radius 2 is 0.727 bits per heavy atom. The largest absolute Gasteiger partial charge is 2.00 e. The molecule has 0 aromatic heterocycles. The smallest absolute Gasteiger partial charge is 0.812 e. The molecule has 0 fully saturated rings. The molecule has 0 radical (unpaired) electrons. The van der Waals surface area contributed by atoms with Crippen LogP contribution in [0, 0.1) is 34.6 Å². The monoisotopic (exact) mass is 207 g/mol. The third-order valence-corrected chi connectivity index (χ3v) is 0. The quantitative estimate of drug-likeness (QED) is 0.286. The molecule has 6 nitrogen and oxygen atoms in total. The minimum Gasteiger partial charge on any atom is -0.812 e. The molecule has 0 aliphatic heterocycles. The fraction of sp³-hybridized carbons (Fsp3) is 0. The van der Waals surface area contributed by atoms with Gasteiger partial charge in [-0.15, -0.1) is 0 Å². The maximum atomic E-state index is 8.24. The molecule has 0 unspecified atom stereocenters. The predicted molar refractivity (Wildman–Crippen MR) is 16.8 cm³/mol. The first-order valence-electron chi connectivity index (χ1n) is 1.28. The van der Waals surface area contributed by atoms with Crippen LogP contribution in [0.1, 0.15) is 0 Å². The van der Waals surface area contributed by atoms with E-state index in [1.54, 1.807) is 0 Å². The summed E-state index contributed by atoms with van der Waals surface area (Å²) in [6.07, 6.45) is 1.50. The first-order chi connectivity index (χ1) is 4.24. The van der Waals surface area contributed by atoms with Crippen LogP contribution in [0.2, 0.25) is 0 Å². The van der Waals surface area contributed by atoms with Gasteiger partial charge in [0.2, 0.25) is 0 Å². The Hall–Kier alpha value is -0.636. The topological polar surface area (TPSA) is 141 Å². The van der Waals surface area contributed by atoms with E-state index in [4.69, 9.17) is 31.1 Å². The van der Waals surface area contributed by atoms with Gasteiger partial charge >= 0.3 is 46.0 Å². The zero-order valence-electron chi connectivity index (χ0n) is 5.38. The fourth-order valence-corrected chi connectivity index (χ4v) is 0. The minimum atomic E-state index is 0. The van der Waals surface area contributed by atoms with E-state index in [1.807, 2.05) is 0 Å². The van der Waals surface area contributed by atoms with E-state index in [1.165, 1.54) is 0 Å². The van der Waals surface area contributed by atoms with Crippen LogP contribution in [-0.4, -0.2) is 0 Å². The van der Waals surface area contributed by atoms with Crippen molar-refractivity contribution in [2.75, 3.05) is 0 Å². The van der Waals surface area contributed by atoms with Crippen molar-refractivity contribution in [2.24, 2.45) is 0 Å². The van der Waals surface area contributed by atoms with Gasteiger partial charge in [-0.25, -0.2) is 15.8 Å². The Kier molecular flexibility index (Phi) is 337. The average Bonchev–Trinajstić information content (AvgIpc) is 1.70. The second-order valence-electron chi connectivity index (χ2n) is 0.274. The number of hydrogen-bond acceptors (Lipinski definition) is 6. The number of nitriles is 3. The van der Waals surface area contributed by atoms with Gasteiger partial charge in [0.05, 0.1) is 0 Å². The molecule has 0 N–H and O–H groups in total. The fourth-order valence-electron chi connectivity index (χ4n) is 0. The molecular weight excluding hydrogens is 208 g/mol. The maximum Gasteiger partial charge on any atom is 2.00 e. The molecule has 0 aromatic rings. The molecule has 56 valence electrons. The van der Waals surface area contributed by atoms with E-state index in [0.717, 1.165) is 0 Å². The molecule has 0 amide bonds. The Morgan fingerprint density at radius 1 is 0.727 bits per heavy atom. The van der Waals surface area contributed by atoms with E-state index >= 15 is 0 Å². The van der Waals surface area contributed by atoms with Crippen molar-refractivity contribution in [1.82, 2.24) is 0 Å². The number of nitrogens with zero attached hydrogens (tertiary/aromatic N) is 3. The van der Waals surface area contributed by atoms with Crippen LogP contribution < -0.4 is 44.9 Å². The molecule has 0 atom stereocenters. The molecule has 0 saturated heterocycles. The van der Waals surface area contributed by atoms with Crippen LogP contribution in [0.3, 0.4) is 0 Å². The molecule has 8 heteroatoms. The van der Waals surface area contributed by atoms with Crippen molar-refractivity contribution in [3.8, 4) is 18.8 Å². The van der Waals surface area contributed by atoms with Gasteiger partial charge in [-0.3, -0.25) is 0 Å². The van der Waals surface area contributed by atoms with Crippen LogP contribution in [0.4, 0.5) is 0 Å². The van der Waals surface area contributed by atoms with Crippen molar-refractivity contribution in [3.05, 3.63) is 0 Å². The number of hydrogen-bond donors (Lipinski definition) is 0. The first-order valence-corrected chi connectivity index (χ1v) is 1.28. The van der Waals surface area contributed by atoms with E-state index in [9.17, 15) is 0 Å². The molecule has 0 aromatic carbocycles. The number of rotatable bonds is 0. The molecular formula is C3N3NaNiO3. The van der Waals surface area contributed by atoms with E-state index in [2.05, 4.69) is 0 Å². The average molecular weight is 208 g/mol. The van der Waals surface area contributed by atoms with Gasteiger partial charge in [-0.05, 0) is 0 Å². The Morgan fingerprint density at radius 3 is 0.727 bits per heavy atom. The summed E-state index contributed by atoms with van der Waals surface area (Å²) in [6.45, 7) is 0. The Balaban J connectivity index is -0.0000000150. The van der Waals surface area contributed by atoms with E-state index in [-0.39, 0.29) is 46.0 Å². The summed E-state index contributed by atoms with van der Waals surface area (Å²) in [7, 11) is 0. The van der Waals surface area contributed by atoms with Crippen molar-refractivity contribution in [2.45, 2.75) is 0 Å². The van der Waals surface area contributed by atoms with Crippen LogP contribution in [0.25, 0.3) is 0 Å². The summed E-state index contributed by atoms with van der Waals surface area (Å²) in [5, 5.41) is 45.0.